The van der Waals surface area contributed by atoms with Gasteiger partial charge in [0.15, 0.2) is 11.5 Å². The minimum atomic E-state index is -0.225. The summed E-state index contributed by atoms with van der Waals surface area (Å²) in [6, 6.07) is 14.7. The van der Waals surface area contributed by atoms with Crippen LogP contribution in [0.5, 0.6) is 0 Å². The van der Waals surface area contributed by atoms with Crippen molar-refractivity contribution in [2.75, 3.05) is 5.32 Å². The van der Waals surface area contributed by atoms with Gasteiger partial charge in [0, 0.05) is 17.1 Å². The SMILES string of the molecule is Cc1ccccc1C(=O)Nc1nc(-c2nnn(-c3ccccc3Cl)c2C)ns1. The molecule has 1 amide bonds. The van der Waals surface area contributed by atoms with Gasteiger partial charge < -0.3 is 0 Å². The van der Waals surface area contributed by atoms with Gasteiger partial charge in [0.2, 0.25) is 5.13 Å². The molecule has 0 aliphatic rings. The molecule has 0 saturated carbocycles. The minimum Gasteiger partial charge on any atom is -0.297 e. The monoisotopic (exact) mass is 410 g/mol. The van der Waals surface area contributed by atoms with Gasteiger partial charge in [0.25, 0.3) is 5.91 Å². The largest absolute Gasteiger partial charge is 0.297 e. The van der Waals surface area contributed by atoms with Gasteiger partial charge in [-0.1, -0.05) is 47.1 Å². The zero-order valence-electron chi connectivity index (χ0n) is 15.0. The Morgan fingerprint density at radius 3 is 2.64 bits per heavy atom. The van der Waals surface area contributed by atoms with Gasteiger partial charge in [-0.2, -0.15) is 9.36 Å². The summed E-state index contributed by atoms with van der Waals surface area (Å²) in [5.74, 6) is 0.179. The van der Waals surface area contributed by atoms with Crippen molar-refractivity contribution < 1.29 is 4.79 Å². The van der Waals surface area contributed by atoms with E-state index in [2.05, 4.69) is 25.0 Å². The quantitative estimate of drug-likeness (QED) is 0.541. The van der Waals surface area contributed by atoms with E-state index in [1.54, 1.807) is 16.8 Å². The van der Waals surface area contributed by atoms with E-state index in [0.717, 1.165) is 28.5 Å². The number of rotatable bonds is 4. The highest BCUT2D eigenvalue weighted by atomic mass is 35.5. The number of aromatic nitrogens is 5. The van der Waals surface area contributed by atoms with Gasteiger partial charge in [0.1, 0.15) is 0 Å². The molecule has 0 saturated heterocycles. The molecule has 2 aromatic heterocycles. The number of amides is 1. The van der Waals surface area contributed by atoms with Crippen LogP contribution in [0.4, 0.5) is 5.13 Å². The molecule has 0 bridgehead atoms. The molecular formula is C19H15ClN6OS. The average Bonchev–Trinajstić information content (AvgIpc) is 3.29. The predicted octanol–water partition coefficient (Wildman–Crippen LogP) is 4.31. The summed E-state index contributed by atoms with van der Waals surface area (Å²) in [6.07, 6.45) is 0. The number of nitrogens with zero attached hydrogens (tertiary/aromatic N) is 5. The molecule has 7 nitrogen and oxygen atoms in total. The van der Waals surface area contributed by atoms with Crippen LogP contribution in [-0.2, 0) is 0 Å². The maximum Gasteiger partial charge on any atom is 0.257 e. The van der Waals surface area contributed by atoms with E-state index in [9.17, 15) is 4.79 Å². The molecule has 4 rings (SSSR count). The van der Waals surface area contributed by atoms with Crippen LogP contribution in [0.2, 0.25) is 5.02 Å². The van der Waals surface area contributed by atoms with Crippen molar-refractivity contribution in [3.05, 3.63) is 70.4 Å². The van der Waals surface area contributed by atoms with E-state index in [1.165, 1.54) is 0 Å². The number of hydrogen-bond acceptors (Lipinski definition) is 6. The second-order valence-corrected chi connectivity index (χ2v) is 7.24. The third-order valence-electron chi connectivity index (χ3n) is 4.22. The third kappa shape index (κ3) is 3.39. The second-order valence-electron chi connectivity index (χ2n) is 6.08. The second kappa shape index (κ2) is 7.49. The molecule has 0 atom stereocenters. The molecule has 1 N–H and O–H groups in total. The van der Waals surface area contributed by atoms with Gasteiger partial charge in [-0.25, -0.2) is 4.68 Å². The summed E-state index contributed by atoms with van der Waals surface area (Å²) in [6.45, 7) is 3.75. The summed E-state index contributed by atoms with van der Waals surface area (Å²) >= 11 is 7.35. The highest BCUT2D eigenvalue weighted by Gasteiger charge is 2.19. The fraction of sp³-hybridized carbons (Fsp3) is 0.105. The van der Waals surface area contributed by atoms with Gasteiger partial charge in [0.05, 0.1) is 16.4 Å². The van der Waals surface area contributed by atoms with E-state index < -0.39 is 0 Å². The fourth-order valence-corrected chi connectivity index (χ4v) is 3.53. The highest BCUT2D eigenvalue weighted by molar-refractivity contribution is 7.10. The Kier molecular flexibility index (Phi) is 4.89. The number of benzene rings is 2. The van der Waals surface area contributed by atoms with Crippen molar-refractivity contribution in [3.8, 4) is 17.2 Å². The lowest BCUT2D eigenvalue weighted by molar-refractivity contribution is 0.102. The van der Waals surface area contributed by atoms with Gasteiger partial charge in [-0.15, -0.1) is 5.10 Å². The minimum absolute atomic E-state index is 0.225. The number of para-hydroxylation sites is 1. The zero-order valence-corrected chi connectivity index (χ0v) is 16.6. The molecule has 0 unspecified atom stereocenters. The molecule has 0 aliphatic carbocycles. The van der Waals surface area contributed by atoms with Crippen LogP contribution in [0.15, 0.2) is 48.5 Å². The Balaban J connectivity index is 1.60. The topological polar surface area (TPSA) is 85.6 Å². The standard InChI is InChI=1S/C19H15ClN6OS/c1-11-7-3-4-8-13(11)18(27)22-19-21-17(24-28-19)16-12(2)26(25-23-16)15-10-6-5-9-14(15)20/h3-10H,1-2H3,(H,21,22,24,27). The number of carbonyl (C=O) groups is 1. The van der Waals surface area contributed by atoms with Crippen LogP contribution in [0.25, 0.3) is 17.2 Å². The van der Waals surface area contributed by atoms with Crippen LogP contribution in [0.1, 0.15) is 21.6 Å². The lowest BCUT2D eigenvalue weighted by Gasteiger charge is -2.05. The molecular weight excluding hydrogens is 396 g/mol. The van der Waals surface area contributed by atoms with Crippen LogP contribution in [-0.4, -0.2) is 30.3 Å². The van der Waals surface area contributed by atoms with E-state index in [0.29, 0.717) is 27.2 Å². The summed E-state index contributed by atoms with van der Waals surface area (Å²) in [7, 11) is 0. The van der Waals surface area contributed by atoms with Crippen molar-refractivity contribution in [2.24, 2.45) is 0 Å². The molecule has 28 heavy (non-hydrogen) atoms. The highest BCUT2D eigenvalue weighted by Crippen LogP contribution is 2.26. The fourth-order valence-electron chi connectivity index (χ4n) is 2.75. The normalized spacial score (nSPS) is 10.8. The number of carbonyl (C=O) groups excluding carboxylic acids is 1. The third-order valence-corrected chi connectivity index (χ3v) is 5.17. The Morgan fingerprint density at radius 1 is 1.11 bits per heavy atom. The summed E-state index contributed by atoms with van der Waals surface area (Å²) in [5, 5.41) is 12.1. The van der Waals surface area contributed by atoms with Crippen LogP contribution in [0, 0.1) is 13.8 Å². The summed E-state index contributed by atoms with van der Waals surface area (Å²) in [4.78, 5) is 16.8. The Morgan fingerprint density at radius 2 is 1.86 bits per heavy atom. The summed E-state index contributed by atoms with van der Waals surface area (Å²) < 4.78 is 5.96. The van der Waals surface area contributed by atoms with Crippen LogP contribution in [0.3, 0.4) is 0 Å². The van der Waals surface area contributed by atoms with Gasteiger partial charge in [-0.05, 0) is 37.6 Å². The average molecular weight is 411 g/mol. The predicted molar refractivity (Wildman–Crippen MR) is 109 cm³/mol. The van der Waals surface area contributed by atoms with Gasteiger partial charge in [-0.3, -0.25) is 10.1 Å². The number of aryl methyl sites for hydroxylation is 1. The first-order valence-corrected chi connectivity index (χ1v) is 9.58. The van der Waals surface area contributed by atoms with Crippen molar-refractivity contribution in [2.45, 2.75) is 13.8 Å². The lowest BCUT2D eigenvalue weighted by atomic mass is 10.1. The van der Waals surface area contributed by atoms with Crippen LogP contribution >= 0.6 is 23.1 Å². The Bertz CT molecular complexity index is 1170. The first kappa shape index (κ1) is 18.3. The smallest absolute Gasteiger partial charge is 0.257 e. The van der Waals surface area contributed by atoms with E-state index in [4.69, 9.17) is 11.6 Å². The molecule has 0 fully saturated rings. The summed E-state index contributed by atoms with van der Waals surface area (Å²) in [5.41, 5.74) is 3.50. The van der Waals surface area contributed by atoms with Gasteiger partial charge >= 0.3 is 0 Å². The zero-order chi connectivity index (χ0) is 19.7. The first-order valence-electron chi connectivity index (χ1n) is 8.43. The number of hydrogen-bond donors (Lipinski definition) is 1. The molecule has 9 heteroatoms. The van der Waals surface area contributed by atoms with Crippen molar-refractivity contribution in [1.29, 1.82) is 0 Å². The van der Waals surface area contributed by atoms with Crippen molar-refractivity contribution >= 4 is 34.2 Å². The lowest BCUT2D eigenvalue weighted by Crippen LogP contribution is -2.13. The molecule has 0 aliphatic heterocycles. The number of nitrogens with one attached hydrogen (secondary N) is 1. The molecule has 0 radical (unpaired) electrons. The first-order chi connectivity index (χ1) is 13.5. The van der Waals surface area contributed by atoms with E-state index in [-0.39, 0.29) is 5.91 Å². The van der Waals surface area contributed by atoms with E-state index in [1.807, 2.05) is 50.2 Å². The molecule has 0 spiro atoms. The molecule has 140 valence electrons. The molecule has 2 heterocycles. The maximum atomic E-state index is 12.5. The Labute approximate surface area is 170 Å². The number of halogens is 1. The van der Waals surface area contributed by atoms with Crippen LogP contribution < -0.4 is 5.32 Å². The maximum absolute atomic E-state index is 12.5. The Hall–Kier alpha value is -3.10. The van der Waals surface area contributed by atoms with Crippen molar-refractivity contribution in [1.82, 2.24) is 24.4 Å². The number of anilines is 1. The van der Waals surface area contributed by atoms with E-state index >= 15 is 0 Å². The molecule has 4 aromatic rings. The van der Waals surface area contributed by atoms with Crippen molar-refractivity contribution in [3.63, 3.8) is 0 Å². The molecule has 2 aromatic carbocycles.